The zero-order valence-electron chi connectivity index (χ0n) is 17.3. The molecule has 32 heavy (non-hydrogen) atoms. The maximum absolute atomic E-state index is 13.5. The van der Waals surface area contributed by atoms with Gasteiger partial charge < -0.3 is 14.6 Å². The van der Waals surface area contributed by atoms with Crippen molar-refractivity contribution in [1.82, 2.24) is 4.98 Å². The summed E-state index contributed by atoms with van der Waals surface area (Å²) in [5.74, 6) is -2.21. The Labute approximate surface area is 183 Å². The summed E-state index contributed by atoms with van der Waals surface area (Å²) >= 11 is 0. The number of halogens is 1. The quantitative estimate of drug-likeness (QED) is 0.373. The average molecular weight is 434 g/mol. The van der Waals surface area contributed by atoms with E-state index in [-0.39, 0.29) is 28.3 Å². The van der Waals surface area contributed by atoms with E-state index in [1.54, 1.807) is 36.4 Å². The van der Waals surface area contributed by atoms with E-state index in [1.165, 1.54) is 49.6 Å². The zero-order valence-corrected chi connectivity index (χ0v) is 17.3. The van der Waals surface area contributed by atoms with Crippen LogP contribution in [0, 0.1) is 5.82 Å². The molecule has 0 saturated carbocycles. The van der Waals surface area contributed by atoms with Gasteiger partial charge in [0.05, 0.1) is 25.5 Å². The monoisotopic (exact) mass is 434 g/mol. The van der Waals surface area contributed by atoms with Gasteiger partial charge in [-0.2, -0.15) is 0 Å². The number of methoxy groups -OCH3 is 2. The molecule has 2 heterocycles. The fourth-order valence-corrected chi connectivity index (χ4v) is 3.74. The summed E-state index contributed by atoms with van der Waals surface area (Å²) in [4.78, 5) is 31.7. The fourth-order valence-electron chi connectivity index (χ4n) is 3.74. The molecule has 1 aliphatic rings. The van der Waals surface area contributed by atoms with Gasteiger partial charge >= 0.3 is 0 Å². The third kappa shape index (κ3) is 3.45. The van der Waals surface area contributed by atoms with Crippen LogP contribution in [0.1, 0.15) is 17.3 Å². The predicted octanol–water partition coefficient (Wildman–Crippen LogP) is 3.86. The van der Waals surface area contributed by atoms with Gasteiger partial charge in [0, 0.05) is 11.9 Å². The number of carbonyl (C=O) groups excluding carboxylic acids is 2. The van der Waals surface area contributed by atoms with Crippen molar-refractivity contribution in [3.63, 3.8) is 0 Å². The molecule has 8 heteroatoms. The van der Waals surface area contributed by atoms with Crippen molar-refractivity contribution in [3.05, 3.63) is 89.5 Å². The van der Waals surface area contributed by atoms with E-state index < -0.39 is 29.3 Å². The van der Waals surface area contributed by atoms with E-state index in [2.05, 4.69) is 4.98 Å². The molecule has 0 bridgehead atoms. The van der Waals surface area contributed by atoms with Crippen molar-refractivity contribution in [2.75, 3.05) is 19.1 Å². The van der Waals surface area contributed by atoms with E-state index in [0.717, 1.165) is 0 Å². The summed E-state index contributed by atoms with van der Waals surface area (Å²) in [6.45, 7) is 0. The summed E-state index contributed by atoms with van der Waals surface area (Å²) in [6.07, 6.45) is 1.52. The van der Waals surface area contributed by atoms with E-state index >= 15 is 0 Å². The highest BCUT2D eigenvalue weighted by Gasteiger charge is 2.48. The van der Waals surface area contributed by atoms with Gasteiger partial charge in [0.1, 0.15) is 34.7 Å². The molecule has 1 aliphatic heterocycles. The van der Waals surface area contributed by atoms with Gasteiger partial charge in [0.2, 0.25) is 0 Å². The van der Waals surface area contributed by atoms with Gasteiger partial charge in [-0.25, -0.2) is 4.39 Å². The lowest BCUT2D eigenvalue weighted by Gasteiger charge is -2.24. The van der Waals surface area contributed by atoms with Crippen molar-refractivity contribution >= 4 is 23.1 Å². The number of hydrogen-bond donors (Lipinski definition) is 1. The number of carbonyl (C=O) groups is 2. The highest BCUT2D eigenvalue weighted by atomic mass is 19.1. The molecule has 0 aliphatic carbocycles. The molecule has 0 radical (unpaired) electrons. The van der Waals surface area contributed by atoms with Gasteiger partial charge in [-0.3, -0.25) is 19.5 Å². The Morgan fingerprint density at radius 3 is 2.19 bits per heavy atom. The number of amides is 1. The Kier molecular flexibility index (Phi) is 5.59. The highest BCUT2D eigenvalue weighted by Crippen LogP contribution is 2.44. The molecule has 4 rings (SSSR count). The van der Waals surface area contributed by atoms with Crippen molar-refractivity contribution < 1.29 is 28.6 Å². The second kappa shape index (κ2) is 8.50. The Balaban J connectivity index is 2.00. The smallest absolute Gasteiger partial charge is 0.300 e. The Bertz CT molecular complexity index is 1190. The van der Waals surface area contributed by atoms with Crippen LogP contribution in [0.3, 0.4) is 0 Å². The van der Waals surface area contributed by atoms with Gasteiger partial charge in [-0.15, -0.1) is 0 Å². The van der Waals surface area contributed by atoms with Crippen LogP contribution >= 0.6 is 0 Å². The van der Waals surface area contributed by atoms with Crippen LogP contribution in [0.15, 0.2) is 72.4 Å². The van der Waals surface area contributed by atoms with Gasteiger partial charge in [-0.05, 0) is 48.5 Å². The molecule has 162 valence electrons. The first-order chi connectivity index (χ1) is 15.5. The fraction of sp³-hybridized carbons (Fsp3) is 0.125. The Hall–Kier alpha value is -4.20. The molecule has 1 unspecified atom stereocenters. The third-order valence-corrected chi connectivity index (χ3v) is 5.18. The molecule has 7 nitrogen and oxygen atoms in total. The van der Waals surface area contributed by atoms with Crippen LogP contribution in [-0.2, 0) is 9.59 Å². The Morgan fingerprint density at radius 1 is 0.969 bits per heavy atom. The number of ketones is 1. The molecule has 2 aromatic carbocycles. The number of aromatic nitrogens is 1. The van der Waals surface area contributed by atoms with Gasteiger partial charge in [0.15, 0.2) is 0 Å². The summed E-state index contributed by atoms with van der Waals surface area (Å²) in [5, 5.41) is 11.3. The van der Waals surface area contributed by atoms with E-state index in [0.29, 0.717) is 5.69 Å². The number of pyridine rings is 1. The number of benzene rings is 2. The number of anilines is 1. The van der Waals surface area contributed by atoms with Crippen molar-refractivity contribution in [2.45, 2.75) is 6.04 Å². The number of aliphatic hydroxyl groups excluding tert-OH is 1. The molecule has 1 atom stereocenters. The highest BCUT2D eigenvalue weighted by molar-refractivity contribution is 6.51. The van der Waals surface area contributed by atoms with Crippen molar-refractivity contribution in [3.8, 4) is 11.5 Å². The third-order valence-electron chi connectivity index (χ3n) is 5.18. The molecule has 3 aromatic rings. The summed E-state index contributed by atoms with van der Waals surface area (Å²) in [5.41, 5.74) is 0.595. The maximum atomic E-state index is 13.5. The standard InChI is InChI=1S/C24H19FN2O5/c1-31-17-7-5-8-18(32-2)19(17)22(28)20-21(16-6-3-4-13-26-16)27(24(30)23(20)29)15-11-9-14(25)10-12-15/h3-13,21,28H,1-2H3/b22-20+. The van der Waals surface area contributed by atoms with Gasteiger partial charge in [0.25, 0.3) is 11.7 Å². The summed E-state index contributed by atoms with van der Waals surface area (Å²) in [6, 6.07) is 14.0. The molecule has 0 spiro atoms. The molecule has 1 saturated heterocycles. The molecule has 1 N–H and O–H groups in total. The van der Waals surface area contributed by atoms with E-state index in [9.17, 15) is 19.1 Å². The number of Topliss-reactive ketones (excluding diaryl/α,β-unsaturated/α-hetero) is 1. The van der Waals surface area contributed by atoms with Crippen molar-refractivity contribution in [2.24, 2.45) is 0 Å². The van der Waals surface area contributed by atoms with Crippen LogP contribution in [0.2, 0.25) is 0 Å². The molecular formula is C24H19FN2O5. The average Bonchev–Trinajstić information content (AvgIpc) is 3.09. The van der Waals surface area contributed by atoms with E-state index in [4.69, 9.17) is 9.47 Å². The van der Waals surface area contributed by atoms with Crippen LogP contribution in [0.4, 0.5) is 10.1 Å². The largest absolute Gasteiger partial charge is 0.506 e. The Morgan fingerprint density at radius 2 is 1.62 bits per heavy atom. The van der Waals surface area contributed by atoms with Crippen molar-refractivity contribution in [1.29, 1.82) is 0 Å². The predicted molar refractivity (Wildman–Crippen MR) is 115 cm³/mol. The lowest BCUT2D eigenvalue weighted by Crippen LogP contribution is -2.29. The minimum atomic E-state index is -1.05. The first-order valence-corrected chi connectivity index (χ1v) is 9.66. The lowest BCUT2D eigenvalue weighted by atomic mass is 9.97. The van der Waals surface area contributed by atoms with Crippen LogP contribution in [0.25, 0.3) is 5.76 Å². The van der Waals surface area contributed by atoms with E-state index in [1.807, 2.05) is 0 Å². The summed E-state index contributed by atoms with van der Waals surface area (Å²) in [7, 11) is 2.83. The molecule has 1 amide bonds. The van der Waals surface area contributed by atoms with Gasteiger partial charge in [-0.1, -0.05) is 12.1 Å². The number of nitrogens with zero attached hydrogens (tertiary/aromatic N) is 2. The van der Waals surface area contributed by atoms with Crippen LogP contribution in [0.5, 0.6) is 11.5 Å². The number of rotatable bonds is 5. The number of ether oxygens (including phenoxy) is 2. The second-order valence-electron chi connectivity index (χ2n) is 6.94. The maximum Gasteiger partial charge on any atom is 0.300 e. The number of hydrogen-bond acceptors (Lipinski definition) is 6. The minimum absolute atomic E-state index is 0.135. The second-order valence-corrected chi connectivity index (χ2v) is 6.94. The van der Waals surface area contributed by atoms with Crippen LogP contribution in [-0.4, -0.2) is 36.0 Å². The molecule has 1 fully saturated rings. The first-order valence-electron chi connectivity index (χ1n) is 9.66. The minimum Gasteiger partial charge on any atom is -0.506 e. The molecular weight excluding hydrogens is 415 g/mol. The van der Waals surface area contributed by atoms with Crippen LogP contribution < -0.4 is 14.4 Å². The first kappa shape index (κ1) is 21.0. The lowest BCUT2D eigenvalue weighted by molar-refractivity contribution is -0.132. The molecule has 1 aromatic heterocycles. The zero-order chi connectivity index (χ0) is 22.8. The number of aliphatic hydroxyl groups is 1. The topological polar surface area (TPSA) is 89.0 Å². The normalized spacial score (nSPS) is 17.5. The summed E-state index contributed by atoms with van der Waals surface area (Å²) < 4.78 is 24.2. The SMILES string of the molecule is COc1cccc(OC)c1/C(O)=C1\C(=O)C(=O)N(c2ccc(F)cc2)C1c1ccccn1.